The molecule has 0 N–H and O–H groups in total. The van der Waals surface area contributed by atoms with E-state index in [1.807, 2.05) is 0 Å². The van der Waals surface area contributed by atoms with E-state index in [1.54, 1.807) is 32.0 Å². The van der Waals surface area contributed by atoms with Crippen LogP contribution in [0.1, 0.15) is 18.8 Å². The lowest BCUT2D eigenvalue weighted by molar-refractivity contribution is 0.357. The molecular weight excluding hydrogens is 342 g/mol. The molecule has 7 nitrogen and oxygen atoms in total. The van der Waals surface area contributed by atoms with Gasteiger partial charge >= 0.3 is 0 Å². The summed E-state index contributed by atoms with van der Waals surface area (Å²) < 4.78 is 36.0. The van der Waals surface area contributed by atoms with Gasteiger partial charge in [-0.15, -0.1) is 5.10 Å². The highest BCUT2D eigenvalue weighted by Crippen LogP contribution is 2.35. The molecule has 0 amide bonds. The van der Waals surface area contributed by atoms with Gasteiger partial charge in [0, 0.05) is 0 Å². The smallest absolute Gasteiger partial charge is 0.242 e. The Kier molecular flexibility index (Phi) is 3.78. The highest BCUT2D eigenvalue weighted by molar-refractivity contribution is 5.89. The van der Waals surface area contributed by atoms with Crippen molar-refractivity contribution >= 4 is 16.6 Å². The first-order valence-corrected chi connectivity index (χ1v) is 8.04. The van der Waals surface area contributed by atoms with Gasteiger partial charge in [-0.2, -0.15) is 10.1 Å². The second-order valence-corrected chi connectivity index (χ2v) is 6.05. The van der Waals surface area contributed by atoms with Gasteiger partial charge in [0.15, 0.2) is 5.82 Å². The third-order valence-electron chi connectivity index (χ3n) is 4.25. The summed E-state index contributed by atoms with van der Waals surface area (Å²) in [5.41, 5.74) is 2.55. The SMILES string of the molecule is COc1nc(C)nn2cc(F)c(-c3ccc4nnn([C@@H](C)CF)c4c3)c12. The van der Waals surface area contributed by atoms with Crippen molar-refractivity contribution in [3.8, 4) is 17.0 Å². The number of nitrogens with zero attached hydrogens (tertiary/aromatic N) is 6. The number of methoxy groups -OCH3 is 1. The Labute approximate surface area is 147 Å². The van der Waals surface area contributed by atoms with E-state index in [9.17, 15) is 8.78 Å². The van der Waals surface area contributed by atoms with Gasteiger partial charge in [-0.1, -0.05) is 11.3 Å². The van der Waals surface area contributed by atoms with Crippen molar-refractivity contribution < 1.29 is 13.5 Å². The Bertz CT molecular complexity index is 1120. The van der Waals surface area contributed by atoms with Crippen molar-refractivity contribution in [3.05, 3.63) is 36.0 Å². The molecule has 0 radical (unpaired) electrons. The first kappa shape index (κ1) is 16.4. The van der Waals surface area contributed by atoms with E-state index in [2.05, 4.69) is 20.4 Å². The van der Waals surface area contributed by atoms with Crippen LogP contribution in [0.4, 0.5) is 8.78 Å². The third kappa shape index (κ3) is 2.39. The molecule has 0 bridgehead atoms. The summed E-state index contributed by atoms with van der Waals surface area (Å²) in [6, 6.07) is 4.73. The molecule has 3 heterocycles. The molecule has 1 aromatic carbocycles. The first-order valence-electron chi connectivity index (χ1n) is 8.04. The predicted octanol–water partition coefficient (Wildman–Crippen LogP) is 3.13. The van der Waals surface area contributed by atoms with E-state index in [1.165, 1.54) is 22.5 Å². The third-order valence-corrected chi connectivity index (χ3v) is 4.25. The van der Waals surface area contributed by atoms with Crippen LogP contribution >= 0.6 is 0 Å². The van der Waals surface area contributed by atoms with Crippen LogP contribution in [0, 0.1) is 12.7 Å². The maximum absolute atomic E-state index is 14.7. The molecule has 0 spiro atoms. The standard InChI is InChI=1S/C17H16F2N6O/c1-9(7-18)25-14-6-11(4-5-13(14)21-23-25)15-12(19)8-24-16(15)17(26-3)20-10(2)22-24/h4-6,8-9H,7H2,1-3H3/t9-/m0/s1. The minimum Gasteiger partial charge on any atom is -0.479 e. The molecule has 0 aliphatic rings. The van der Waals surface area contributed by atoms with E-state index in [0.717, 1.165) is 0 Å². The average molecular weight is 358 g/mol. The zero-order valence-corrected chi connectivity index (χ0v) is 14.4. The number of halogens is 2. The number of hydrogen-bond acceptors (Lipinski definition) is 5. The number of hydrogen-bond donors (Lipinski definition) is 0. The summed E-state index contributed by atoms with van der Waals surface area (Å²) in [6.07, 6.45) is 1.28. The molecule has 26 heavy (non-hydrogen) atoms. The topological polar surface area (TPSA) is 70.1 Å². The second-order valence-electron chi connectivity index (χ2n) is 6.05. The molecule has 0 fully saturated rings. The lowest BCUT2D eigenvalue weighted by Gasteiger charge is -2.09. The molecule has 4 aromatic rings. The van der Waals surface area contributed by atoms with Crippen molar-refractivity contribution in [3.63, 3.8) is 0 Å². The fraction of sp³-hybridized carbons (Fsp3) is 0.294. The summed E-state index contributed by atoms with van der Waals surface area (Å²) in [6.45, 7) is 2.83. The van der Waals surface area contributed by atoms with Crippen molar-refractivity contribution in [1.82, 2.24) is 29.6 Å². The van der Waals surface area contributed by atoms with Crippen LogP contribution < -0.4 is 4.74 Å². The van der Waals surface area contributed by atoms with Gasteiger partial charge in [-0.3, -0.25) is 0 Å². The fourth-order valence-corrected chi connectivity index (χ4v) is 3.03. The van der Waals surface area contributed by atoms with Gasteiger partial charge in [0.25, 0.3) is 0 Å². The number of ether oxygens (including phenoxy) is 1. The lowest BCUT2D eigenvalue weighted by atomic mass is 10.1. The second kappa shape index (κ2) is 6.01. The van der Waals surface area contributed by atoms with Crippen LogP contribution in [0.3, 0.4) is 0 Å². The Hall–Kier alpha value is -3.10. The maximum Gasteiger partial charge on any atom is 0.242 e. The number of rotatable bonds is 4. The monoisotopic (exact) mass is 358 g/mol. The molecule has 4 rings (SSSR count). The summed E-state index contributed by atoms with van der Waals surface area (Å²) >= 11 is 0. The number of alkyl halides is 1. The first-order chi connectivity index (χ1) is 12.5. The summed E-state index contributed by atoms with van der Waals surface area (Å²) in [7, 11) is 1.47. The summed E-state index contributed by atoms with van der Waals surface area (Å²) in [4.78, 5) is 4.23. The van der Waals surface area contributed by atoms with Crippen LogP contribution in [0.5, 0.6) is 5.88 Å². The molecule has 0 aliphatic carbocycles. The van der Waals surface area contributed by atoms with E-state index in [-0.39, 0.29) is 5.88 Å². The van der Waals surface area contributed by atoms with Gasteiger partial charge in [0.2, 0.25) is 5.88 Å². The minimum absolute atomic E-state index is 0.278. The number of aromatic nitrogens is 6. The summed E-state index contributed by atoms with van der Waals surface area (Å²) in [5.74, 6) is 0.283. The molecule has 9 heteroatoms. The summed E-state index contributed by atoms with van der Waals surface area (Å²) in [5, 5.41) is 12.2. The Morgan fingerprint density at radius 2 is 2.12 bits per heavy atom. The Morgan fingerprint density at radius 3 is 2.85 bits per heavy atom. The maximum atomic E-state index is 14.7. The molecular formula is C17H16F2N6O. The number of benzene rings is 1. The van der Waals surface area contributed by atoms with Gasteiger partial charge in [0.1, 0.15) is 23.5 Å². The fourth-order valence-electron chi connectivity index (χ4n) is 3.03. The highest BCUT2D eigenvalue weighted by atomic mass is 19.1. The normalized spacial score (nSPS) is 12.8. The van der Waals surface area contributed by atoms with Crippen molar-refractivity contribution in [1.29, 1.82) is 0 Å². The molecule has 0 saturated heterocycles. The van der Waals surface area contributed by atoms with Crippen molar-refractivity contribution in [2.45, 2.75) is 19.9 Å². The highest BCUT2D eigenvalue weighted by Gasteiger charge is 2.21. The predicted molar refractivity (Wildman–Crippen MR) is 91.4 cm³/mol. The lowest BCUT2D eigenvalue weighted by Crippen LogP contribution is -2.08. The molecule has 1 atom stereocenters. The van der Waals surface area contributed by atoms with Crippen LogP contribution in [-0.4, -0.2) is 43.4 Å². The van der Waals surface area contributed by atoms with E-state index < -0.39 is 18.5 Å². The number of fused-ring (bicyclic) bond motifs is 2. The zero-order chi connectivity index (χ0) is 18.4. The zero-order valence-electron chi connectivity index (χ0n) is 14.4. The Morgan fingerprint density at radius 1 is 1.31 bits per heavy atom. The largest absolute Gasteiger partial charge is 0.479 e. The van der Waals surface area contributed by atoms with E-state index in [0.29, 0.717) is 33.5 Å². The van der Waals surface area contributed by atoms with Crippen LogP contribution in [0.15, 0.2) is 24.4 Å². The van der Waals surface area contributed by atoms with Crippen LogP contribution in [-0.2, 0) is 0 Å². The quantitative estimate of drug-likeness (QED) is 0.561. The van der Waals surface area contributed by atoms with Crippen LogP contribution in [0.2, 0.25) is 0 Å². The van der Waals surface area contributed by atoms with E-state index >= 15 is 0 Å². The van der Waals surface area contributed by atoms with Gasteiger partial charge < -0.3 is 4.74 Å². The molecule has 134 valence electrons. The molecule has 0 aliphatic heterocycles. The number of aryl methyl sites for hydroxylation is 1. The van der Waals surface area contributed by atoms with Gasteiger partial charge in [-0.25, -0.2) is 18.0 Å². The molecule has 3 aromatic heterocycles. The van der Waals surface area contributed by atoms with Crippen molar-refractivity contribution in [2.24, 2.45) is 0 Å². The van der Waals surface area contributed by atoms with Gasteiger partial charge in [-0.05, 0) is 31.5 Å². The molecule has 0 unspecified atom stereocenters. The van der Waals surface area contributed by atoms with Gasteiger partial charge in [0.05, 0.1) is 30.4 Å². The average Bonchev–Trinajstić information content (AvgIpc) is 3.19. The van der Waals surface area contributed by atoms with Crippen molar-refractivity contribution in [2.75, 3.05) is 13.8 Å². The van der Waals surface area contributed by atoms with E-state index in [4.69, 9.17) is 4.74 Å². The molecule has 0 saturated carbocycles. The Balaban J connectivity index is 1.99. The van der Waals surface area contributed by atoms with Crippen LogP contribution in [0.25, 0.3) is 27.7 Å². The minimum atomic E-state index is -0.576.